The standard InChI is InChI=1S/C29H41N3O3S/c1-21-8-7-9-22(2)27(21)28(33)30-16-14-29(5,15-17-30)31-18-19-32(23(3)20-31)24(4)25-10-12-26(13-11-25)36(6,34)35/h7-13,23-24H,14-20H2,1-6H3/t23-,24-/m0/s1. The molecule has 2 aliphatic heterocycles. The number of benzene rings is 2. The fourth-order valence-corrected chi connectivity index (χ4v) is 6.67. The van der Waals surface area contributed by atoms with Crippen LogP contribution in [0.3, 0.4) is 0 Å². The van der Waals surface area contributed by atoms with E-state index in [0.29, 0.717) is 10.9 Å². The van der Waals surface area contributed by atoms with Gasteiger partial charge in [-0.15, -0.1) is 0 Å². The number of nitrogens with zero attached hydrogens (tertiary/aromatic N) is 3. The second-order valence-corrected chi connectivity index (χ2v) is 13.1. The van der Waals surface area contributed by atoms with E-state index in [0.717, 1.165) is 67.8 Å². The van der Waals surface area contributed by atoms with Crippen molar-refractivity contribution in [2.24, 2.45) is 0 Å². The number of aryl methyl sites for hydroxylation is 2. The number of hydrogen-bond donors (Lipinski definition) is 0. The molecule has 2 fully saturated rings. The van der Waals surface area contributed by atoms with Gasteiger partial charge in [0.05, 0.1) is 4.90 Å². The highest BCUT2D eigenvalue weighted by atomic mass is 32.2. The number of carbonyl (C=O) groups is 1. The van der Waals surface area contributed by atoms with Gasteiger partial charge in [0.25, 0.3) is 5.91 Å². The molecule has 2 saturated heterocycles. The first kappa shape index (κ1) is 26.8. The summed E-state index contributed by atoms with van der Waals surface area (Å²) in [6, 6.07) is 14.0. The van der Waals surface area contributed by atoms with Gasteiger partial charge in [-0.25, -0.2) is 8.42 Å². The van der Waals surface area contributed by atoms with Crippen LogP contribution in [0.15, 0.2) is 47.4 Å². The van der Waals surface area contributed by atoms with Gasteiger partial charge in [0.1, 0.15) is 0 Å². The Balaban J connectivity index is 1.37. The van der Waals surface area contributed by atoms with Crippen LogP contribution < -0.4 is 0 Å². The Hall–Kier alpha value is -2.22. The van der Waals surface area contributed by atoms with E-state index in [2.05, 4.69) is 30.6 Å². The van der Waals surface area contributed by atoms with Gasteiger partial charge in [-0.3, -0.25) is 14.6 Å². The SMILES string of the molecule is Cc1cccc(C)c1C(=O)N1CCC(C)(N2CCN([C@@H](C)c3ccc(S(C)(=O)=O)cc3)[C@@H](C)C2)CC1. The summed E-state index contributed by atoms with van der Waals surface area (Å²) < 4.78 is 23.6. The molecule has 196 valence electrons. The van der Waals surface area contributed by atoms with E-state index in [9.17, 15) is 13.2 Å². The van der Waals surface area contributed by atoms with Crippen LogP contribution in [-0.2, 0) is 9.84 Å². The van der Waals surface area contributed by atoms with Crippen molar-refractivity contribution in [3.05, 3.63) is 64.7 Å². The van der Waals surface area contributed by atoms with Crippen LogP contribution in [0.4, 0.5) is 0 Å². The Morgan fingerprint density at radius 1 is 0.972 bits per heavy atom. The Morgan fingerprint density at radius 2 is 1.56 bits per heavy atom. The minimum absolute atomic E-state index is 0.0955. The van der Waals surface area contributed by atoms with Crippen LogP contribution >= 0.6 is 0 Å². The maximum absolute atomic E-state index is 13.3. The summed E-state index contributed by atoms with van der Waals surface area (Å²) in [6.45, 7) is 15.5. The second-order valence-electron chi connectivity index (χ2n) is 11.1. The molecular weight excluding hydrogens is 470 g/mol. The number of sulfone groups is 1. The minimum atomic E-state index is -3.18. The van der Waals surface area contributed by atoms with Crippen LogP contribution in [0, 0.1) is 13.8 Å². The van der Waals surface area contributed by atoms with Crippen LogP contribution in [0.25, 0.3) is 0 Å². The topological polar surface area (TPSA) is 60.9 Å². The van der Waals surface area contributed by atoms with Crippen molar-refractivity contribution in [1.29, 1.82) is 0 Å². The zero-order chi connectivity index (χ0) is 26.3. The summed E-state index contributed by atoms with van der Waals surface area (Å²) in [7, 11) is -3.18. The van der Waals surface area contributed by atoms with E-state index < -0.39 is 9.84 Å². The van der Waals surface area contributed by atoms with E-state index >= 15 is 0 Å². The summed E-state index contributed by atoms with van der Waals surface area (Å²) in [5.41, 5.74) is 4.21. The van der Waals surface area contributed by atoms with E-state index in [4.69, 9.17) is 0 Å². The third kappa shape index (κ3) is 5.38. The van der Waals surface area contributed by atoms with Crippen LogP contribution in [0.5, 0.6) is 0 Å². The third-order valence-corrected chi connectivity index (χ3v) is 9.68. The van der Waals surface area contributed by atoms with Crippen molar-refractivity contribution in [3.63, 3.8) is 0 Å². The van der Waals surface area contributed by atoms with E-state index in [1.54, 1.807) is 12.1 Å². The van der Waals surface area contributed by atoms with Gasteiger partial charge in [0.2, 0.25) is 0 Å². The van der Waals surface area contributed by atoms with Gasteiger partial charge in [-0.1, -0.05) is 30.3 Å². The number of hydrogen-bond acceptors (Lipinski definition) is 5. The monoisotopic (exact) mass is 511 g/mol. The Bertz CT molecular complexity index is 1180. The minimum Gasteiger partial charge on any atom is -0.338 e. The molecule has 1 amide bonds. The zero-order valence-electron chi connectivity index (χ0n) is 22.6. The fourth-order valence-electron chi connectivity index (χ4n) is 6.04. The zero-order valence-corrected chi connectivity index (χ0v) is 23.4. The second kappa shape index (κ2) is 10.3. The maximum atomic E-state index is 13.3. The number of piperazine rings is 1. The van der Waals surface area contributed by atoms with Gasteiger partial charge >= 0.3 is 0 Å². The molecule has 2 atom stereocenters. The lowest BCUT2D eigenvalue weighted by Crippen LogP contribution is -2.62. The third-order valence-electron chi connectivity index (χ3n) is 8.55. The van der Waals surface area contributed by atoms with Gasteiger partial charge in [0, 0.05) is 62.2 Å². The average molecular weight is 512 g/mol. The highest BCUT2D eigenvalue weighted by molar-refractivity contribution is 7.90. The molecule has 0 radical (unpaired) electrons. The van der Waals surface area contributed by atoms with Crippen LogP contribution in [0.1, 0.15) is 66.7 Å². The highest BCUT2D eigenvalue weighted by Gasteiger charge is 2.40. The number of carbonyl (C=O) groups excluding carboxylic acids is 1. The first-order valence-electron chi connectivity index (χ1n) is 13.1. The van der Waals surface area contributed by atoms with Gasteiger partial charge in [-0.2, -0.15) is 0 Å². The molecule has 0 bridgehead atoms. The molecule has 36 heavy (non-hydrogen) atoms. The summed E-state index contributed by atoms with van der Waals surface area (Å²) in [5.74, 6) is 0.168. The summed E-state index contributed by atoms with van der Waals surface area (Å²) in [6.07, 6.45) is 3.22. The molecule has 7 heteroatoms. The van der Waals surface area contributed by atoms with Crippen molar-refractivity contribution in [2.75, 3.05) is 39.0 Å². The first-order valence-corrected chi connectivity index (χ1v) is 15.0. The largest absolute Gasteiger partial charge is 0.338 e. The van der Waals surface area contributed by atoms with Crippen molar-refractivity contribution in [2.45, 2.75) is 70.0 Å². The summed E-state index contributed by atoms with van der Waals surface area (Å²) in [5, 5.41) is 0. The van der Waals surface area contributed by atoms with Gasteiger partial charge in [0.15, 0.2) is 9.84 Å². The lowest BCUT2D eigenvalue weighted by atomic mass is 9.85. The Kier molecular flexibility index (Phi) is 7.65. The first-order chi connectivity index (χ1) is 16.9. The molecule has 2 heterocycles. The summed E-state index contributed by atoms with van der Waals surface area (Å²) in [4.78, 5) is 20.8. The lowest BCUT2D eigenvalue weighted by Gasteiger charge is -2.52. The predicted molar refractivity (Wildman–Crippen MR) is 145 cm³/mol. The van der Waals surface area contributed by atoms with E-state index in [1.807, 2.05) is 49.1 Å². The number of likely N-dealkylation sites (tertiary alicyclic amines) is 1. The number of piperidine rings is 1. The number of amides is 1. The van der Waals surface area contributed by atoms with Crippen LogP contribution in [-0.4, -0.2) is 79.6 Å². The smallest absolute Gasteiger partial charge is 0.254 e. The molecule has 4 rings (SSSR count). The molecule has 0 saturated carbocycles. The maximum Gasteiger partial charge on any atom is 0.254 e. The molecule has 0 aliphatic carbocycles. The van der Waals surface area contributed by atoms with Crippen LogP contribution in [0.2, 0.25) is 0 Å². The van der Waals surface area contributed by atoms with Crippen molar-refractivity contribution in [1.82, 2.24) is 14.7 Å². The predicted octanol–water partition coefficient (Wildman–Crippen LogP) is 4.47. The van der Waals surface area contributed by atoms with E-state index in [-0.39, 0.29) is 17.5 Å². The fraction of sp³-hybridized carbons (Fsp3) is 0.552. The Morgan fingerprint density at radius 3 is 2.08 bits per heavy atom. The Labute approximate surface area is 217 Å². The normalized spacial score (nSPS) is 22.4. The molecule has 0 N–H and O–H groups in total. The highest BCUT2D eigenvalue weighted by Crippen LogP contribution is 2.34. The summed E-state index contributed by atoms with van der Waals surface area (Å²) >= 11 is 0. The van der Waals surface area contributed by atoms with Gasteiger partial charge < -0.3 is 4.90 Å². The number of rotatable bonds is 5. The quantitative estimate of drug-likeness (QED) is 0.593. The van der Waals surface area contributed by atoms with Crippen molar-refractivity contribution < 1.29 is 13.2 Å². The average Bonchev–Trinajstić information content (AvgIpc) is 2.83. The molecule has 0 spiro atoms. The lowest BCUT2D eigenvalue weighted by molar-refractivity contribution is -0.0278. The molecule has 0 aromatic heterocycles. The molecule has 2 aromatic carbocycles. The molecular formula is C29H41N3O3S. The van der Waals surface area contributed by atoms with Crippen molar-refractivity contribution in [3.8, 4) is 0 Å². The van der Waals surface area contributed by atoms with Crippen molar-refractivity contribution >= 4 is 15.7 Å². The van der Waals surface area contributed by atoms with Gasteiger partial charge in [-0.05, 0) is 76.3 Å². The molecule has 6 nitrogen and oxygen atoms in total. The molecule has 0 unspecified atom stereocenters. The molecule has 2 aromatic rings. The van der Waals surface area contributed by atoms with E-state index in [1.165, 1.54) is 6.26 Å². The molecule has 2 aliphatic rings.